The molecule has 0 unspecified atom stereocenters. The van der Waals surface area contributed by atoms with Crippen molar-refractivity contribution in [3.8, 4) is 34.3 Å². The molecule has 0 saturated carbocycles. The summed E-state index contributed by atoms with van der Waals surface area (Å²) in [6.45, 7) is 3.91. The van der Waals surface area contributed by atoms with Crippen LogP contribution in [0.4, 0.5) is 0 Å². The number of rotatable bonds is 5. The molecule has 2 aromatic carbocycles. The second kappa shape index (κ2) is 10.4. The maximum atomic E-state index is 9.66. The van der Waals surface area contributed by atoms with E-state index in [2.05, 4.69) is 39.9 Å². The SMILES string of the molecule is CC(=O)OS(=O)(=O)[O-].COc1cc2c(cc1OC)-c1cc3cc(OC)c(OC)cc3c(C)[n+]1CC2. The number of hydrogen-bond donors (Lipinski definition) is 0. The Morgan fingerprint density at radius 2 is 1.43 bits per heavy atom. The monoisotopic (exact) mass is 505 g/mol. The van der Waals surface area contributed by atoms with Crippen molar-refractivity contribution in [1.82, 2.24) is 0 Å². The molecule has 0 aliphatic carbocycles. The van der Waals surface area contributed by atoms with Crippen molar-refractivity contribution < 1.29 is 45.5 Å². The molecule has 0 spiro atoms. The van der Waals surface area contributed by atoms with Crippen molar-refractivity contribution in [3.05, 3.63) is 41.6 Å². The highest BCUT2D eigenvalue weighted by atomic mass is 32.3. The van der Waals surface area contributed by atoms with Gasteiger partial charge in [0.15, 0.2) is 35.2 Å². The van der Waals surface area contributed by atoms with Gasteiger partial charge in [-0.15, -0.1) is 0 Å². The van der Waals surface area contributed by atoms with Crippen LogP contribution in [0.25, 0.3) is 22.0 Å². The Bertz CT molecular complexity index is 1380. The maximum absolute atomic E-state index is 9.66. The summed E-state index contributed by atoms with van der Waals surface area (Å²) in [6.07, 6.45) is 0.951. The molecule has 2 heterocycles. The van der Waals surface area contributed by atoms with Crippen LogP contribution in [0, 0.1) is 6.92 Å². The Labute approximate surface area is 203 Å². The molecule has 0 fully saturated rings. The minimum absolute atomic E-state index is 0.734. The van der Waals surface area contributed by atoms with E-state index < -0.39 is 16.4 Å². The van der Waals surface area contributed by atoms with Crippen LogP contribution in [0.15, 0.2) is 30.3 Å². The summed E-state index contributed by atoms with van der Waals surface area (Å²) in [6, 6.07) is 10.5. The van der Waals surface area contributed by atoms with Gasteiger partial charge in [-0.2, -0.15) is 4.57 Å². The third-order valence-electron chi connectivity index (χ3n) is 5.64. The lowest BCUT2D eigenvalue weighted by Gasteiger charge is -2.20. The van der Waals surface area contributed by atoms with E-state index >= 15 is 0 Å². The lowest BCUT2D eigenvalue weighted by Crippen LogP contribution is -2.43. The normalized spacial score (nSPS) is 12.0. The molecule has 0 saturated heterocycles. The summed E-state index contributed by atoms with van der Waals surface area (Å²) in [4.78, 5) is 9.66. The van der Waals surface area contributed by atoms with Gasteiger partial charge in [0.25, 0.3) is 10.4 Å². The van der Waals surface area contributed by atoms with Gasteiger partial charge in [0.05, 0.1) is 39.4 Å². The van der Waals surface area contributed by atoms with Crippen molar-refractivity contribution >= 4 is 27.1 Å². The van der Waals surface area contributed by atoms with Gasteiger partial charge in [-0.25, -0.2) is 8.42 Å². The van der Waals surface area contributed by atoms with Crippen LogP contribution >= 0.6 is 0 Å². The number of fused-ring (bicyclic) bond motifs is 4. The van der Waals surface area contributed by atoms with E-state index in [1.54, 1.807) is 28.4 Å². The van der Waals surface area contributed by atoms with Gasteiger partial charge < -0.3 is 27.7 Å². The van der Waals surface area contributed by atoms with Gasteiger partial charge in [-0.3, -0.25) is 4.79 Å². The van der Waals surface area contributed by atoms with E-state index in [4.69, 9.17) is 18.9 Å². The van der Waals surface area contributed by atoms with Crippen LogP contribution in [0.3, 0.4) is 0 Å². The quantitative estimate of drug-likeness (QED) is 0.292. The fourth-order valence-corrected chi connectivity index (χ4v) is 4.42. The number of hydrogen-bond acceptors (Lipinski definition) is 9. The second-order valence-corrected chi connectivity index (χ2v) is 8.64. The molecule has 0 N–H and O–H groups in total. The van der Waals surface area contributed by atoms with Gasteiger partial charge in [-0.1, -0.05) is 0 Å². The van der Waals surface area contributed by atoms with Gasteiger partial charge in [-0.05, 0) is 35.2 Å². The number of aryl methyl sites for hydroxylation is 2. The zero-order chi connectivity index (χ0) is 25.9. The Morgan fingerprint density at radius 3 is 1.94 bits per heavy atom. The topological polar surface area (TPSA) is 124 Å². The Morgan fingerprint density at radius 1 is 0.886 bits per heavy atom. The number of carbonyl (C=O) groups excluding carboxylic acids is 1. The van der Waals surface area contributed by atoms with Crippen molar-refractivity contribution in [1.29, 1.82) is 0 Å². The van der Waals surface area contributed by atoms with Gasteiger partial charge in [0.1, 0.15) is 0 Å². The lowest BCUT2D eigenvalue weighted by atomic mass is 9.94. The molecule has 0 radical (unpaired) electrons. The highest BCUT2D eigenvalue weighted by molar-refractivity contribution is 7.81. The first-order chi connectivity index (χ1) is 16.5. The van der Waals surface area contributed by atoms with Gasteiger partial charge >= 0.3 is 5.97 Å². The Hall–Kier alpha value is -3.57. The lowest BCUT2D eigenvalue weighted by molar-refractivity contribution is -0.692. The zero-order valence-corrected chi connectivity index (χ0v) is 21.1. The zero-order valence-electron chi connectivity index (χ0n) is 20.3. The third kappa shape index (κ3) is 5.57. The van der Waals surface area contributed by atoms with Crippen LogP contribution in [0.2, 0.25) is 0 Å². The highest BCUT2D eigenvalue weighted by Gasteiger charge is 2.28. The van der Waals surface area contributed by atoms with Crippen LogP contribution in [-0.2, 0) is 32.3 Å². The standard InChI is InChI=1S/C22H24NO4.C2H4O5S/c1-13-16-11-21(26-4)20(25-3)10-15(16)8-18-17-12-22(27-5)19(24-2)9-14(17)6-7-23(13)18;1-2(3)7-8(4,5)6/h8-12H,6-7H2,1-5H3;1H3,(H,4,5,6)/q+1;/p-1. The molecule has 0 bridgehead atoms. The summed E-state index contributed by atoms with van der Waals surface area (Å²) in [5, 5.41) is 2.29. The summed E-state index contributed by atoms with van der Waals surface area (Å²) < 4.78 is 55.9. The minimum Gasteiger partial charge on any atom is -0.716 e. The van der Waals surface area contributed by atoms with Crippen molar-refractivity contribution in [2.75, 3.05) is 28.4 Å². The fourth-order valence-electron chi connectivity index (χ4n) is 4.13. The van der Waals surface area contributed by atoms with E-state index in [1.807, 2.05) is 6.07 Å². The van der Waals surface area contributed by atoms with E-state index in [0.29, 0.717) is 0 Å². The van der Waals surface area contributed by atoms with E-state index in [1.165, 1.54) is 27.9 Å². The predicted octanol–water partition coefficient (Wildman–Crippen LogP) is 2.70. The summed E-state index contributed by atoms with van der Waals surface area (Å²) >= 11 is 0. The largest absolute Gasteiger partial charge is 0.716 e. The molecule has 1 aromatic heterocycles. The first kappa shape index (κ1) is 26.0. The van der Waals surface area contributed by atoms with Crippen molar-refractivity contribution in [2.24, 2.45) is 0 Å². The van der Waals surface area contributed by atoms with Crippen molar-refractivity contribution in [3.63, 3.8) is 0 Å². The number of benzene rings is 2. The molecule has 188 valence electrons. The van der Waals surface area contributed by atoms with Crippen molar-refractivity contribution in [2.45, 2.75) is 26.8 Å². The van der Waals surface area contributed by atoms with Crippen LogP contribution in [-0.4, -0.2) is 47.4 Å². The molecule has 35 heavy (non-hydrogen) atoms. The number of carbonyl (C=O) groups is 1. The smallest absolute Gasteiger partial charge is 0.318 e. The number of aromatic nitrogens is 1. The predicted molar refractivity (Wildman–Crippen MR) is 126 cm³/mol. The summed E-state index contributed by atoms with van der Waals surface area (Å²) in [5.41, 5.74) is 4.84. The van der Waals surface area contributed by atoms with Gasteiger partial charge in [0.2, 0.25) is 5.69 Å². The number of ether oxygens (including phenoxy) is 4. The summed E-state index contributed by atoms with van der Waals surface area (Å²) in [7, 11) is 1.85. The number of pyridine rings is 1. The first-order valence-electron chi connectivity index (χ1n) is 10.5. The fraction of sp³-hybridized carbons (Fsp3) is 0.333. The van der Waals surface area contributed by atoms with Crippen LogP contribution in [0.1, 0.15) is 18.2 Å². The van der Waals surface area contributed by atoms with E-state index in [0.717, 1.165) is 48.3 Å². The molecular weight excluding hydrogens is 478 g/mol. The third-order valence-corrected chi connectivity index (χ3v) is 6.08. The average Bonchev–Trinajstić information content (AvgIpc) is 2.81. The molecule has 0 amide bonds. The Kier molecular flexibility index (Phi) is 7.71. The number of methoxy groups -OCH3 is 4. The molecule has 0 atom stereocenters. The first-order valence-corrected chi connectivity index (χ1v) is 11.9. The molecule has 1 aliphatic rings. The molecule has 4 rings (SSSR count). The van der Waals surface area contributed by atoms with E-state index in [-0.39, 0.29) is 0 Å². The second-order valence-electron chi connectivity index (χ2n) is 7.66. The van der Waals surface area contributed by atoms with Crippen LogP contribution < -0.4 is 23.5 Å². The molecule has 11 heteroatoms. The average molecular weight is 506 g/mol. The van der Waals surface area contributed by atoms with E-state index in [9.17, 15) is 17.8 Å². The summed E-state index contributed by atoms with van der Waals surface area (Å²) in [5.74, 6) is 1.87. The molecular formula is C24H27NO9S. The molecule has 10 nitrogen and oxygen atoms in total. The molecule has 1 aliphatic heterocycles. The van der Waals surface area contributed by atoms with Crippen LogP contribution in [0.5, 0.6) is 23.0 Å². The van der Waals surface area contributed by atoms with Gasteiger partial charge in [0, 0.05) is 26.3 Å². The number of nitrogens with zero attached hydrogens (tertiary/aromatic N) is 1. The highest BCUT2D eigenvalue weighted by Crippen LogP contribution is 2.39. The molecule has 3 aromatic rings. The minimum atomic E-state index is -4.82. The Balaban J connectivity index is 0.000000371. The maximum Gasteiger partial charge on any atom is 0.318 e.